The summed E-state index contributed by atoms with van der Waals surface area (Å²) in [4.78, 5) is 8.69. The fourth-order valence-corrected chi connectivity index (χ4v) is 2.94. The molecular weight excluding hydrogens is 503 g/mol. The van der Waals surface area contributed by atoms with Crippen molar-refractivity contribution in [1.29, 1.82) is 0 Å². The molecule has 2 aromatic carbocycles. The number of benzene rings is 2. The zero-order chi connectivity index (χ0) is 21.0. The third kappa shape index (κ3) is 7.75. The molecule has 6 nitrogen and oxygen atoms in total. The number of nitrogens with zero attached hydrogens (tertiary/aromatic N) is 2. The number of pyridine rings is 1. The second-order valence-corrected chi connectivity index (χ2v) is 6.56. The third-order valence-electron chi connectivity index (χ3n) is 4.46. The number of halogens is 1. The quantitative estimate of drug-likeness (QED) is 0.241. The molecule has 3 rings (SSSR count). The van der Waals surface area contributed by atoms with Crippen molar-refractivity contribution < 1.29 is 9.47 Å². The van der Waals surface area contributed by atoms with Crippen molar-refractivity contribution in [2.75, 3.05) is 13.7 Å². The Bertz CT molecular complexity index is 951. The lowest BCUT2D eigenvalue weighted by atomic mass is 10.2. The van der Waals surface area contributed by atoms with Crippen molar-refractivity contribution in [2.45, 2.75) is 26.6 Å². The number of guanidine groups is 1. The summed E-state index contributed by atoms with van der Waals surface area (Å²) in [6.07, 6.45) is 1.74. The predicted octanol–water partition coefficient (Wildman–Crippen LogP) is 4.54. The van der Waals surface area contributed by atoms with E-state index in [2.05, 4.69) is 20.6 Å². The molecule has 0 bridgehead atoms. The largest absolute Gasteiger partial charge is 0.494 e. The van der Waals surface area contributed by atoms with Gasteiger partial charge in [0.25, 0.3) is 0 Å². The predicted molar refractivity (Wildman–Crippen MR) is 135 cm³/mol. The van der Waals surface area contributed by atoms with Crippen molar-refractivity contribution in [3.05, 3.63) is 89.6 Å². The lowest BCUT2D eigenvalue weighted by Gasteiger charge is -2.15. The van der Waals surface area contributed by atoms with Crippen molar-refractivity contribution >= 4 is 29.9 Å². The Kier molecular flexibility index (Phi) is 10.6. The maximum absolute atomic E-state index is 5.93. The van der Waals surface area contributed by atoms with Crippen LogP contribution in [0.25, 0.3) is 0 Å². The first kappa shape index (κ1) is 24.5. The van der Waals surface area contributed by atoms with Gasteiger partial charge < -0.3 is 20.1 Å². The maximum atomic E-state index is 5.93. The summed E-state index contributed by atoms with van der Waals surface area (Å²) >= 11 is 0. The van der Waals surface area contributed by atoms with Crippen LogP contribution in [0.1, 0.15) is 23.6 Å². The summed E-state index contributed by atoms with van der Waals surface area (Å²) in [5, 5.41) is 6.65. The molecule has 0 fully saturated rings. The Hall–Kier alpha value is -2.81. The van der Waals surface area contributed by atoms with Gasteiger partial charge in [-0.3, -0.25) is 4.99 Å². The highest BCUT2D eigenvalue weighted by Gasteiger charge is 2.08. The zero-order valence-corrected chi connectivity index (χ0v) is 20.2. The topological polar surface area (TPSA) is 67.8 Å². The van der Waals surface area contributed by atoms with E-state index in [9.17, 15) is 0 Å². The molecule has 0 unspecified atom stereocenters. The molecule has 0 aliphatic carbocycles. The average molecular weight is 532 g/mol. The van der Waals surface area contributed by atoms with Gasteiger partial charge >= 0.3 is 0 Å². The van der Waals surface area contributed by atoms with E-state index in [1.165, 1.54) is 0 Å². The molecule has 2 N–H and O–H groups in total. The van der Waals surface area contributed by atoms with Crippen LogP contribution < -0.4 is 20.1 Å². The first-order valence-corrected chi connectivity index (χ1v) is 10.1. The molecular formula is C24H29IN4O2. The molecule has 31 heavy (non-hydrogen) atoms. The molecule has 0 saturated heterocycles. The van der Waals surface area contributed by atoms with E-state index in [0.29, 0.717) is 38.1 Å². The van der Waals surface area contributed by atoms with Gasteiger partial charge in [0.1, 0.15) is 12.4 Å². The zero-order valence-electron chi connectivity index (χ0n) is 17.9. The molecule has 0 radical (unpaired) electrons. The van der Waals surface area contributed by atoms with Gasteiger partial charge in [-0.2, -0.15) is 0 Å². The van der Waals surface area contributed by atoms with Crippen molar-refractivity contribution in [1.82, 2.24) is 15.6 Å². The summed E-state index contributed by atoms with van der Waals surface area (Å²) in [6, 6.07) is 22.0. The van der Waals surface area contributed by atoms with E-state index in [0.717, 1.165) is 22.4 Å². The number of nitrogens with one attached hydrogen (secondary N) is 2. The lowest BCUT2D eigenvalue weighted by molar-refractivity contribution is 0.290. The second kappa shape index (κ2) is 13.5. The molecule has 0 amide bonds. The molecule has 0 atom stereocenters. The smallest absolute Gasteiger partial charge is 0.218 e. The number of aromatic nitrogens is 1. The lowest BCUT2D eigenvalue weighted by Crippen LogP contribution is -2.36. The fraction of sp³-hybridized carbons (Fsp3) is 0.250. The first-order chi connectivity index (χ1) is 14.8. The monoisotopic (exact) mass is 532 g/mol. The van der Waals surface area contributed by atoms with E-state index in [1.807, 2.05) is 73.7 Å². The van der Waals surface area contributed by atoms with Gasteiger partial charge in [-0.25, -0.2) is 4.98 Å². The molecule has 0 spiro atoms. The van der Waals surface area contributed by atoms with Crippen LogP contribution in [0.15, 0.2) is 77.9 Å². The van der Waals surface area contributed by atoms with E-state index in [-0.39, 0.29) is 24.0 Å². The standard InChI is InChI=1S/C24H28N4O2.HI/c1-3-29-22-14-8-7-12-20(22)16-27-24(25-2)28-17-21-13-9-15-26-23(21)30-18-19-10-5-4-6-11-19;/h4-15H,3,16-18H2,1-2H3,(H2,25,27,28);1H. The maximum Gasteiger partial charge on any atom is 0.218 e. The molecule has 7 heteroatoms. The molecule has 0 saturated carbocycles. The van der Waals surface area contributed by atoms with Crippen LogP contribution in [0.3, 0.4) is 0 Å². The summed E-state index contributed by atoms with van der Waals surface area (Å²) in [5.74, 6) is 2.19. The molecule has 3 aromatic rings. The minimum atomic E-state index is 0. The summed E-state index contributed by atoms with van der Waals surface area (Å²) in [7, 11) is 1.75. The van der Waals surface area contributed by atoms with E-state index < -0.39 is 0 Å². The van der Waals surface area contributed by atoms with Gasteiger partial charge in [-0.1, -0.05) is 54.6 Å². The Morgan fingerprint density at radius 1 is 0.871 bits per heavy atom. The Balaban J connectivity index is 0.00000341. The minimum absolute atomic E-state index is 0. The summed E-state index contributed by atoms with van der Waals surface area (Å²) in [6.45, 7) is 4.25. The van der Waals surface area contributed by atoms with Crippen molar-refractivity contribution in [3.63, 3.8) is 0 Å². The Morgan fingerprint density at radius 3 is 2.29 bits per heavy atom. The van der Waals surface area contributed by atoms with Crippen LogP contribution in [0.2, 0.25) is 0 Å². The number of para-hydroxylation sites is 1. The van der Waals surface area contributed by atoms with Crippen LogP contribution in [0.5, 0.6) is 11.6 Å². The Labute approximate surface area is 201 Å². The number of hydrogen-bond donors (Lipinski definition) is 2. The van der Waals surface area contributed by atoms with Crippen LogP contribution in [-0.4, -0.2) is 24.6 Å². The van der Waals surface area contributed by atoms with Gasteiger partial charge in [0, 0.05) is 37.5 Å². The van der Waals surface area contributed by atoms with Gasteiger partial charge in [0.2, 0.25) is 5.88 Å². The molecule has 1 aromatic heterocycles. The van der Waals surface area contributed by atoms with E-state index in [4.69, 9.17) is 9.47 Å². The van der Waals surface area contributed by atoms with Gasteiger partial charge in [0.05, 0.1) is 6.61 Å². The van der Waals surface area contributed by atoms with E-state index in [1.54, 1.807) is 13.2 Å². The van der Waals surface area contributed by atoms with Crippen molar-refractivity contribution in [3.8, 4) is 11.6 Å². The van der Waals surface area contributed by atoms with Crippen LogP contribution in [-0.2, 0) is 19.7 Å². The highest BCUT2D eigenvalue weighted by Crippen LogP contribution is 2.18. The normalized spacial score (nSPS) is 10.7. The number of rotatable bonds is 9. The average Bonchev–Trinajstić information content (AvgIpc) is 2.80. The number of aliphatic imine (C=N–C) groups is 1. The highest BCUT2D eigenvalue weighted by molar-refractivity contribution is 14.0. The molecule has 0 aliphatic rings. The van der Waals surface area contributed by atoms with Crippen LogP contribution in [0, 0.1) is 0 Å². The SMILES string of the molecule is CCOc1ccccc1CNC(=NC)NCc1cccnc1OCc1ccccc1.I. The number of hydrogen-bond acceptors (Lipinski definition) is 4. The number of ether oxygens (including phenoxy) is 2. The summed E-state index contributed by atoms with van der Waals surface area (Å²) < 4.78 is 11.6. The minimum Gasteiger partial charge on any atom is -0.494 e. The molecule has 164 valence electrons. The molecule has 1 heterocycles. The van der Waals surface area contributed by atoms with Crippen LogP contribution >= 0.6 is 24.0 Å². The molecule has 0 aliphatic heterocycles. The second-order valence-electron chi connectivity index (χ2n) is 6.56. The van der Waals surface area contributed by atoms with Gasteiger partial charge in [0.15, 0.2) is 5.96 Å². The van der Waals surface area contributed by atoms with Gasteiger partial charge in [-0.15, -0.1) is 24.0 Å². The highest BCUT2D eigenvalue weighted by atomic mass is 127. The van der Waals surface area contributed by atoms with E-state index >= 15 is 0 Å². The first-order valence-electron chi connectivity index (χ1n) is 10.1. The van der Waals surface area contributed by atoms with Gasteiger partial charge in [-0.05, 0) is 24.6 Å². The third-order valence-corrected chi connectivity index (χ3v) is 4.46. The van der Waals surface area contributed by atoms with Crippen LogP contribution in [0.4, 0.5) is 0 Å². The fourth-order valence-electron chi connectivity index (χ4n) is 2.94. The van der Waals surface area contributed by atoms with Crippen molar-refractivity contribution in [2.24, 2.45) is 4.99 Å². The Morgan fingerprint density at radius 2 is 1.55 bits per heavy atom. The summed E-state index contributed by atoms with van der Waals surface area (Å²) in [5.41, 5.74) is 3.15.